The van der Waals surface area contributed by atoms with Crippen molar-refractivity contribution >= 4 is 22.9 Å². The van der Waals surface area contributed by atoms with Crippen LogP contribution in [0.4, 0.5) is 4.79 Å². The van der Waals surface area contributed by atoms with Gasteiger partial charge in [-0.15, -0.1) is 0 Å². The molecule has 0 aliphatic rings. The van der Waals surface area contributed by atoms with E-state index in [1.165, 1.54) is 4.57 Å². The van der Waals surface area contributed by atoms with Crippen LogP contribution < -0.4 is 0 Å². The van der Waals surface area contributed by atoms with Gasteiger partial charge in [-0.1, -0.05) is 24.8 Å². The summed E-state index contributed by atoms with van der Waals surface area (Å²) in [4.78, 5) is 11.9. The molecule has 1 aromatic heterocycles. The number of carbonyl (C=O) groups is 1. The predicted octanol–water partition coefficient (Wildman–Crippen LogP) is 4.07. The number of fused-ring (bicyclic) bond motifs is 1. The van der Waals surface area contributed by atoms with E-state index in [0.717, 1.165) is 16.3 Å². The first-order valence-electron chi connectivity index (χ1n) is 5.86. The Hall–Kier alpha value is -2.03. The molecule has 0 saturated carbocycles. The molecule has 0 aliphatic heterocycles. The van der Waals surface area contributed by atoms with Gasteiger partial charge < -0.3 is 4.74 Å². The first kappa shape index (κ1) is 12.4. The smallest absolute Gasteiger partial charge is 0.418 e. The molecule has 1 heterocycles. The second-order valence-electron chi connectivity index (χ2n) is 5.24. The van der Waals surface area contributed by atoms with Gasteiger partial charge in [-0.05, 0) is 32.4 Å². The van der Waals surface area contributed by atoms with Crippen LogP contribution in [0.5, 0.6) is 0 Å². The molecular weight excluding hydrogens is 226 g/mol. The van der Waals surface area contributed by atoms with Crippen LogP contribution in [0.1, 0.15) is 26.3 Å². The highest BCUT2D eigenvalue weighted by atomic mass is 16.6. The van der Waals surface area contributed by atoms with E-state index in [1.54, 1.807) is 18.5 Å². The number of nitrogens with zero attached hydrogens (tertiary/aromatic N) is 1. The minimum Gasteiger partial charge on any atom is -0.443 e. The van der Waals surface area contributed by atoms with Crippen molar-refractivity contribution < 1.29 is 9.53 Å². The molecule has 94 valence electrons. The van der Waals surface area contributed by atoms with Crippen LogP contribution in [-0.4, -0.2) is 16.3 Å². The van der Waals surface area contributed by atoms with Crippen LogP contribution in [0.2, 0.25) is 0 Å². The molecule has 0 N–H and O–H groups in total. The van der Waals surface area contributed by atoms with E-state index in [4.69, 9.17) is 4.74 Å². The van der Waals surface area contributed by atoms with Crippen molar-refractivity contribution in [2.45, 2.75) is 26.4 Å². The third-order valence-corrected chi connectivity index (χ3v) is 2.51. The summed E-state index contributed by atoms with van der Waals surface area (Å²) in [6.07, 6.45) is 4.97. The summed E-state index contributed by atoms with van der Waals surface area (Å²) < 4.78 is 6.79. The molecule has 18 heavy (non-hydrogen) atoms. The minimum atomic E-state index is -0.486. The molecule has 0 amide bonds. The number of ether oxygens (including phenoxy) is 1. The van der Waals surface area contributed by atoms with Crippen LogP contribution in [0.25, 0.3) is 16.8 Å². The highest BCUT2D eigenvalue weighted by Gasteiger charge is 2.17. The Morgan fingerprint density at radius 2 is 1.94 bits per heavy atom. The Labute approximate surface area is 107 Å². The monoisotopic (exact) mass is 243 g/mol. The van der Waals surface area contributed by atoms with Crippen LogP contribution in [-0.2, 0) is 4.74 Å². The van der Waals surface area contributed by atoms with E-state index in [-0.39, 0.29) is 6.09 Å². The number of rotatable bonds is 1. The summed E-state index contributed by atoms with van der Waals surface area (Å²) in [6, 6.07) is 5.92. The van der Waals surface area contributed by atoms with Gasteiger partial charge >= 0.3 is 6.09 Å². The Morgan fingerprint density at radius 3 is 2.56 bits per heavy atom. The van der Waals surface area contributed by atoms with Crippen LogP contribution in [0, 0.1) is 0 Å². The molecule has 0 aliphatic carbocycles. The lowest BCUT2D eigenvalue weighted by atomic mass is 10.1. The molecule has 3 nitrogen and oxygen atoms in total. The third kappa shape index (κ3) is 2.62. The molecule has 1 aromatic carbocycles. The Balaban J connectivity index is 2.35. The van der Waals surface area contributed by atoms with E-state index in [0.29, 0.717) is 0 Å². The zero-order chi connectivity index (χ0) is 13.3. The fraction of sp³-hybridized carbons (Fsp3) is 0.267. The van der Waals surface area contributed by atoms with Crippen molar-refractivity contribution in [2.75, 3.05) is 0 Å². The molecular formula is C15H17NO2. The highest BCUT2D eigenvalue weighted by molar-refractivity contribution is 5.88. The van der Waals surface area contributed by atoms with Crippen molar-refractivity contribution in [2.24, 2.45) is 0 Å². The molecule has 0 fully saturated rings. The molecule has 0 atom stereocenters. The maximum Gasteiger partial charge on any atom is 0.418 e. The number of hydrogen-bond donors (Lipinski definition) is 0. The van der Waals surface area contributed by atoms with E-state index < -0.39 is 5.60 Å². The summed E-state index contributed by atoms with van der Waals surface area (Å²) in [5.74, 6) is 0. The molecule has 2 aromatic rings. The van der Waals surface area contributed by atoms with Crippen molar-refractivity contribution in [1.82, 2.24) is 4.57 Å². The van der Waals surface area contributed by atoms with Gasteiger partial charge in [0.25, 0.3) is 0 Å². The molecule has 0 saturated heterocycles. The molecule has 0 bridgehead atoms. The van der Waals surface area contributed by atoms with Gasteiger partial charge in [-0.3, -0.25) is 4.57 Å². The fourth-order valence-electron chi connectivity index (χ4n) is 1.71. The first-order valence-corrected chi connectivity index (χ1v) is 5.86. The lowest BCUT2D eigenvalue weighted by molar-refractivity contribution is 0.0538. The Bertz CT molecular complexity index is 602. The van der Waals surface area contributed by atoms with E-state index in [1.807, 2.05) is 39.0 Å². The summed E-state index contributed by atoms with van der Waals surface area (Å²) in [5.41, 5.74) is 0.546. The maximum absolute atomic E-state index is 11.9. The topological polar surface area (TPSA) is 31.2 Å². The lowest BCUT2D eigenvalue weighted by Crippen LogP contribution is -2.26. The van der Waals surface area contributed by atoms with Crippen LogP contribution in [0.15, 0.2) is 37.2 Å². The number of aromatic nitrogens is 1. The normalized spacial score (nSPS) is 11.5. The maximum atomic E-state index is 11.9. The lowest BCUT2D eigenvalue weighted by Gasteiger charge is -2.19. The summed E-state index contributed by atoms with van der Waals surface area (Å²) in [6.45, 7) is 9.28. The zero-order valence-electron chi connectivity index (χ0n) is 10.9. The van der Waals surface area contributed by atoms with Gasteiger partial charge in [0.05, 0.1) is 0 Å². The largest absolute Gasteiger partial charge is 0.443 e. The van der Waals surface area contributed by atoms with Gasteiger partial charge in [0.15, 0.2) is 0 Å². The van der Waals surface area contributed by atoms with Crippen LogP contribution in [0.3, 0.4) is 0 Å². The van der Waals surface area contributed by atoms with Crippen LogP contribution >= 0.6 is 0 Å². The van der Waals surface area contributed by atoms with Gasteiger partial charge in [0.2, 0.25) is 0 Å². The van der Waals surface area contributed by atoms with E-state index in [9.17, 15) is 4.79 Å². The fourth-order valence-corrected chi connectivity index (χ4v) is 1.71. The molecule has 0 radical (unpaired) electrons. The van der Waals surface area contributed by atoms with Gasteiger partial charge in [0.1, 0.15) is 5.60 Å². The van der Waals surface area contributed by atoms with Crippen molar-refractivity contribution in [3.05, 3.63) is 42.7 Å². The van der Waals surface area contributed by atoms with Crippen molar-refractivity contribution in [3.63, 3.8) is 0 Å². The SMILES string of the molecule is C=Cc1ccc2cn(C(=O)OC(C)(C)C)cc2c1. The number of hydrogen-bond acceptors (Lipinski definition) is 2. The van der Waals surface area contributed by atoms with Crippen molar-refractivity contribution in [3.8, 4) is 0 Å². The van der Waals surface area contributed by atoms with Gasteiger partial charge in [-0.2, -0.15) is 0 Å². The standard InChI is InChI=1S/C15H17NO2/c1-5-11-6-7-12-9-16(10-13(12)8-11)14(17)18-15(2,3)4/h5-10H,1H2,2-4H3. The van der Waals surface area contributed by atoms with E-state index >= 15 is 0 Å². The molecule has 2 rings (SSSR count). The average Bonchev–Trinajstić information content (AvgIpc) is 2.69. The zero-order valence-corrected chi connectivity index (χ0v) is 10.9. The Morgan fingerprint density at radius 1 is 1.28 bits per heavy atom. The summed E-state index contributed by atoms with van der Waals surface area (Å²) >= 11 is 0. The highest BCUT2D eigenvalue weighted by Crippen LogP contribution is 2.19. The quantitative estimate of drug-likeness (QED) is 0.756. The van der Waals surface area contributed by atoms with E-state index in [2.05, 4.69) is 6.58 Å². The summed E-state index contributed by atoms with van der Waals surface area (Å²) in [5, 5.41) is 2.00. The van der Waals surface area contributed by atoms with Crippen molar-refractivity contribution in [1.29, 1.82) is 0 Å². The number of carbonyl (C=O) groups excluding carboxylic acids is 1. The van der Waals surface area contributed by atoms with Gasteiger partial charge in [0, 0.05) is 23.2 Å². The Kier molecular flexibility index (Phi) is 2.99. The molecule has 0 unspecified atom stereocenters. The second-order valence-corrected chi connectivity index (χ2v) is 5.24. The molecule has 0 spiro atoms. The second kappa shape index (κ2) is 4.33. The minimum absolute atomic E-state index is 0.362. The van der Waals surface area contributed by atoms with Gasteiger partial charge in [-0.25, -0.2) is 4.79 Å². The molecule has 3 heteroatoms. The first-order chi connectivity index (χ1) is 8.39. The third-order valence-electron chi connectivity index (χ3n) is 2.51. The number of benzene rings is 1. The predicted molar refractivity (Wildman–Crippen MR) is 73.7 cm³/mol. The average molecular weight is 243 g/mol. The summed E-state index contributed by atoms with van der Waals surface area (Å²) in [7, 11) is 0.